The van der Waals surface area contributed by atoms with Crippen molar-refractivity contribution >= 4 is 21.9 Å². The minimum atomic E-state index is -0.153. The minimum Gasteiger partial charge on any atom is -0.469 e. The van der Waals surface area contributed by atoms with Crippen molar-refractivity contribution in [3.05, 3.63) is 35.4 Å². The Morgan fingerprint density at radius 1 is 1.33 bits per heavy atom. The van der Waals surface area contributed by atoms with Crippen LogP contribution in [0.1, 0.15) is 18.1 Å². The van der Waals surface area contributed by atoms with Crippen molar-refractivity contribution < 1.29 is 9.53 Å². The van der Waals surface area contributed by atoms with E-state index in [1.165, 1.54) is 12.7 Å². The highest BCUT2D eigenvalue weighted by Gasteiger charge is 2.13. The average Bonchev–Trinajstić information content (AvgIpc) is 2.29. The van der Waals surface area contributed by atoms with Gasteiger partial charge in [0.25, 0.3) is 0 Å². The average molecular weight is 271 g/mol. The van der Waals surface area contributed by atoms with Gasteiger partial charge in [-0.25, -0.2) is 0 Å². The number of benzene rings is 1. The highest BCUT2D eigenvalue weighted by Crippen LogP contribution is 2.12. The quantitative estimate of drug-likeness (QED) is 0.621. The van der Waals surface area contributed by atoms with E-state index in [-0.39, 0.29) is 11.9 Å². The Bertz CT molecular complexity index is 319. The molecular weight excluding hydrogens is 256 g/mol. The van der Waals surface area contributed by atoms with Gasteiger partial charge in [0.15, 0.2) is 0 Å². The third kappa shape index (κ3) is 3.67. The number of alkyl halides is 1. The minimum absolute atomic E-state index is 0.0789. The van der Waals surface area contributed by atoms with Crippen molar-refractivity contribution in [3.8, 4) is 0 Å². The standard InChI is InChI=1S/C12H15BrO2/c1-9(12(14)15-2)7-10-3-5-11(8-13)6-4-10/h3-6,9H,7-8H2,1-2H3. The zero-order chi connectivity index (χ0) is 11.3. The Kier molecular flexibility index (Phi) is 4.82. The van der Waals surface area contributed by atoms with Crippen molar-refractivity contribution in [2.75, 3.05) is 7.11 Å². The van der Waals surface area contributed by atoms with E-state index in [9.17, 15) is 4.79 Å². The second-order valence-corrected chi connectivity index (χ2v) is 4.14. The van der Waals surface area contributed by atoms with Gasteiger partial charge in [-0.3, -0.25) is 4.79 Å². The molecule has 15 heavy (non-hydrogen) atoms. The SMILES string of the molecule is COC(=O)C(C)Cc1ccc(CBr)cc1. The van der Waals surface area contributed by atoms with E-state index in [2.05, 4.69) is 44.9 Å². The predicted octanol–water partition coefficient (Wildman–Crippen LogP) is 2.93. The van der Waals surface area contributed by atoms with E-state index < -0.39 is 0 Å². The van der Waals surface area contributed by atoms with Gasteiger partial charge in [0.1, 0.15) is 0 Å². The highest BCUT2D eigenvalue weighted by molar-refractivity contribution is 9.08. The smallest absolute Gasteiger partial charge is 0.308 e. The van der Waals surface area contributed by atoms with Crippen molar-refractivity contribution in [2.24, 2.45) is 5.92 Å². The van der Waals surface area contributed by atoms with Gasteiger partial charge in [0.05, 0.1) is 13.0 Å². The molecule has 0 saturated heterocycles. The number of methoxy groups -OCH3 is 1. The first kappa shape index (κ1) is 12.2. The lowest BCUT2D eigenvalue weighted by molar-refractivity contribution is -0.144. The number of esters is 1. The van der Waals surface area contributed by atoms with Crippen LogP contribution in [0.25, 0.3) is 0 Å². The third-order valence-electron chi connectivity index (χ3n) is 2.32. The Morgan fingerprint density at radius 3 is 2.33 bits per heavy atom. The number of carbonyl (C=O) groups is 1. The molecule has 0 heterocycles. The Labute approximate surface area is 98.8 Å². The summed E-state index contributed by atoms with van der Waals surface area (Å²) in [7, 11) is 1.42. The second kappa shape index (κ2) is 5.91. The van der Waals surface area contributed by atoms with Crippen LogP contribution >= 0.6 is 15.9 Å². The highest BCUT2D eigenvalue weighted by atomic mass is 79.9. The fourth-order valence-electron chi connectivity index (χ4n) is 1.40. The maximum atomic E-state index is 11.2. The van der Waals surface area contributed by atoms with Crippen LogP contribution in [0.2, 0.25) is 0 Å². The van der Waals surface area contributed by atoms with Gasteiger partial charge < -0.3 is 4.74 Å². The topological polar surface area (TPSA) is 26.3 Å². The molecule has 1 unspecified atom stereocenters. The lowest BCUT2D eigenvalue weighted by atomic mass is 10.0. The Hall–Kier alpha value is -0.830. The Morgan fingerprint density at radius 2 is 1.87 bits per heavy atom. The third-order valence-corrected chi connectivity index (χ3v) is 2.97. The normalized spacial score (nSPS) is 12.2. The summed E-state index contributed by atoms with van der Waals surface area (Å²) >= 11 is 3.39. The van der Waals surface area contributed by atoms with Gasteiger partial charge in [-0.15, -0.1) is 0 Å². The first-order chi connectivity index (χ1) is 7.17. The first-order valence-corrected chi connectivity index (χ1v) is 6.01. The van der Waals surface area contributed by atoms with Gasteiger partial charge >= 0.3 is 5.97 Å². The molecule has 1 atom stereocenters. The number of rotatable bonds is 4. The van der Waals surface area contributed by atoms with Gasteiger partial charge in [0.2, 0.25) is 0 Å². The molecule has 0 saturated carbocycles. The molecule has 0 aliphatic heterocycles. The van der Waals surface area contributed by atoms with E-state index in [0.717, 1.165) is 17.3 Å². The van der Waals surface area contributed by atoms with Crippen LogP contribution in [0, 0.1) is 5.92 Å². The summed E-state index contributed by atoms with van der Waals surface area (Å²) in [6.45, 7) is 1.88. The van der Waals surface area contributed by atoms with Crippen molar-refractivity contribution in [1.82, 2.24) is 0 Å². The summed E-state index contributed by atoms with van der Waals surface area (Å²) in [6.07, 6.45) is 0.731. The number of halogens is 1. The molecule has 0 bridgehead atoms. The lowest BCUT2D eigenvalue weighted by Crippen LogP contribution is -2.15. The molecule has 1 aromatic rings. The van der Waals surface area contributed by atoms with Crippen LogP contribution in [0.5, 0.6) is 0 Å². The van der Waals surface area contributed by atoms with Crippen LogP contribution in [-0.2, 0) is 21.3 Å². The molecule has 0 spiro atoms. The largest absolute Gasteiger partial charge is 0.469 e. The fourth-order valence-corrected chi connectivity index (χ4v) is 1.78. The van der Waals surface area contributed by atoms with Crippen molar-refractivity contribution in [3.63, 3.8) is 0 Å². The number of hydrogen-bond acceptors (Lipinski definition) is 2. The molecule has 82 valence electrons. The molecule has 0 fully saturated rings. The van der Waals surface area contributed by atoms with Crippen LogP contribution < -0.4 is 0 Å². The van der Waals surface area contributed by atoms with E-state index in [1.54, 1.807) is 0 Å². The van der Waals surface area contributed by atoms with Gasteiger partial charge in [-0.05, 0) is 17.5 Å². The molecule has 0 aromatic heterocycles. The van der Waals surface area contributed by atoms with Crippen molar-refractivity contribution in [1.29, 1.82) is 0 Å². The van der Waals surface area contributed by atoms with E-state index in [0.29, 0.717) is 0 Å². The van der Waals surface area contributed by atoms with E-state index in [4.69, 9.17) is 0 Å². The zero-order valence-corrected chi connectivity index (χ0v) is 10.6. The molecule has 0 N–H and O–H groups in total. The fraction of sp³-hybridized carbons (Fsp3) is 0.417. The molecule has 0 radical (unpaired) electrons. The monoisotopic (exact) mass is 270 g/mol. The molecule has 1 aromatic carbocycles. The number of carbonyl (C=O) groups excluding carboxylic acids is 1. The van der Waals surface area contributed by atoms with Gasteiger partial charge in [-0.1, -0.05) is 47.1 Å². The molecule has 0 amide bonds. The molecule has 1 rings (SSSR count). The van der Waals surface area contributed by atoms with Gasteiger partial charge in [0, 0.05) is 5.33 Å². The zero-order valence-electron chi connectivity index (χ0n) is 9.00. The molecule has 0 aliphatic rings. The summed E-state index contributed by atoms with van der Waals surface area (Å²) < 4.78 is 4.68. The summed E-state index contributed by atoms with van der Waals surface area (Å²) in [5.74, 6) is -0.232. The number of hydrogen-bond donors (Lipinski definition) is 0. The molecule has 2 nitrogen and oxygen atoms in total. The van der Waals surface area contributed by atoms with E-state index in [1.807, 2.05) is 6.92 Å². The molecule has 0 aliphatic carbocycles. The van der Waals surface area contributed by atoms with E-state index >= 15 is 0 Å². The van der Waals surface area contributed by atoms with Gasteiger partial charge in [-0.2, -0.15) is 0 Å². The summed E-state index contributed by atoms with van der Waals surface area (Å²) in [5.41, 5.74) is 2.40. The Balaban J connectivity index is 2.60. The summed E-state index contributed by atoms with van der Waals surface area (Å²) in [6, 6.07) is 8.23. The maximum absolute atomic E-state index is 11.2. The summed E-state index contributed by atoms with van der Waals surface area (Å²) in [4.78, 5) is 11.2. The number of ether oxygens (including phenoxy) is 1. The molecular formula is C12H15BrO2. The summed E-state index contributed by atoms with van der Waals surface area (Å²) in [5, 5.41) is 0.861. The predicted molar refractivity (Wildman–Crippen MR) is 64.0 cm³/mol. The lowest BCUT2D eigenvalue weighted by Gasteiger charge is -2.09. The first-order valence-electron chi connectivity index (χ1n) is 4.89. The van der Waals surface area contributed by atoms with Crippen LogP contribution in [0.15, 0.2) is 24.3 Å². The second-order valence-electron chi connectivity index (χ2n) is 3.58. The van der Waals surface area contributed by atoms with Crippen LogP contribution in [-0.4, -0.2) is 13.1 Å². The van der Waals surface area contributed by atoms with Crippen molar-refractivity contribution in [2.45, 2.75) is 18.7 Å². The van der Waals surface area contributed by atoms with Crippen LogP contribution in [0.3, 0.4) is 0 Å². The molecule has 3 heteroatoms. The maximum Gasteiger partial charge on any atom is 0.308 e. The van der Waals surface area contributed by atoms with Crippen LogP contribution in [0.4, 0.5) is 0 Å².